The van der Waals surface area contributed by atoms with Crippen LogP contribution < -0.4 is 9.47 Å². The molecule has 32 heavy (non-hydrogen) atoms. The molecule has 1 fully saturated rings. The van der Waals surface area contributed by atoms with Crippen molar-refractivity contribution in [1.82, 2.24) is 14.9 Å². The zero-order chi connectivity index (χ0) is 21.9. The van der Waals surface area contributed by atoms with E-state index < -0.39 is 0 Å². The van der Waals surface area contributed by atoms with Crippen LogP contribution in [0.3, 0.4) is 0 Å². The summed E-state index contributed by atoms with van der Waals surface area (Å²) in [6.07, 6.45) is 3.17. The van der Waals surface area contributed by atoms with Crippen molar-refractivity contribution >= 4 is 27.7 Å². The van der Waals surface area contributed by atoms with E-state index in [-0.39, 0.29) is 12.0 Å². The van der Waals surface area contributed by atoms with Gasteiger partial charge in [-0.2, -0.15) is 0 Å². The van der Waals surface area contributed by atoms with Crippen LogP contribution in [-0.4, -0.2) is 46.6 Å². The third kappa shape index (κ3) is 3.96. The van der Waals surface area contributed by atoms with E-state index in [9.17, 15) is 4.79 Å². The predicted molar refractivity (Wildman–Crippen MR) is 124 cm³/mol. The molecule has 0 spiro atoms. The van der Waals surface area contributed by atoms with Crippen LogP contribution in [0.25, 0.3) is 21.8 Å². The maximum Gasteiger partial charge on any atom is 0.258 e. The van der Waals surface area contributed by atoms with E-state index in [2.05, 4.69) is 9.97 Å². The fourth-order valence-corrected chi connectivity index (χ4v) is 4.25. The van der Waals surface area contributed by atoms with Gasteiger partial charge in [0, 0.05) is 25.9 Å². The second kappa shape index (κ2) is 8.83. The van der Waals surface area contributed by atoms with Gasteiger partial charge < -0.3 is 14.4 Å². The van der Waals surface area contributed by atoms with Gasteiger partial charge in [-0.3, -0.25) is 4.79 Å². The summed E-state index contributed by atoms with van der Waals surface area (Å²) in [6, 6.07) is 19.6. The Morgan fingerprint density at radius 3 is 2.56 bits per heavy atom. The summed E-state index contributed by atoms with van der Waals surface area (Å²) in [7, 11) is 0. The molecule has 162 valence electrons. The Hall–Kier alpha value is -3.67. The van der Waals surface area contributed by atoms with Gasteiger partial charge in [0.25, 0.3) is 5.91 Å². The number of hydrogen-bond acceptors (Lipinski definition) is 5. The Labute approximate surface area is 186 Å². The number of carbonyl (C=O) groups excluding carboxylic acids is 1. The minimum atomic E-state index is 0.00777. The van der Waals surface area contributed by atoms with Crippen molar-refractivity contribution in [3.05, 3.63) is 72.4 Å². The van der Waals surface area contributed by atoms with Gasteiger partial charge in [-0.25, -0.2) is 9.97 Å². The summed E-state index contributed by atoms with van der Waals surface area (Å²) in [5.74, 6) is 1.18. The van der Waals surface area contributed by atoms with Gasteiger partial charge >= 0.3 is 0 Å². The Kier molecular flexibility index (Phi) is 5.58. The van der Waals surface area contributed by atoms with Gasteiger partial charge in [-0.15, -0.1) is 0 Å². The quantitative estimate of drug-likeness (QED) is 0.455. The van der Waals surface area contributed by atoms with Crippen molar-refractivity contribution in [2.24, 2.45) is 0 Å². The number of likely N-dealkylation sites (tertiary alicyclic amines) is 1. The highest BCUT2D eigenvalue weighted by molar-refractivity contribution is 6.09. The van der Waals surface area contributed by atoms with Crippen LogP contribution in [0.4, 0.5) is 0 Å². The van der Waals surface area contributed by atoms with Crippen molar-refractivity contribution in [2.45, 2.75) is 25.9 Å². The number of hydrogen-bond donors (Lipinski definition) is 0. The monoisotopic (exact) mass is 427 g/mol. The summed E-state index contributed by atoms with van der Waals surface area (Å²) in [5, 5.41) is 1.96. The number of benzene rings is 3. The average Bonchev–Trinajstić information content (AvgIpc) is 2.84. The first-order valence-corrected chi connectivity index (χ1v) is 11.0. The van der Waals surface area contributed by atoms with Crippen molar-refractivity contribution in [1.29, 1.82) is 0 Å². The Morgan fingerprint density at radius 1 is 1.00 bits per heavy atom. The summed E-state index contributed by atoms with van der Waals surface area (Å²) >= 11 is 0. The van der Waals surface area contributed by atoms with Gasteiger partial charge in [0.1, 0.15) is 11.9 Å². The number of aromatic nitrogens is 2. The van der Waals surface area contributed by atoms with E-state index in [1.165, 1.54) is 0 Å². The molecule has 0 N–H and O–H groups in total. The van der Waals surface area contributed by atoms with Crippen molar-refractivity contribution in [3.8, 4) is 11.6 Å². The first-order valence-electron chi connectivity index (χ1n) is 11.0. The maximum absolute atomic E-state index is 13.5. The van der Waals surface area contributed by atoms with Crippen LogP contribution in [0.2, 0.25) is 0 Å². The molecule has 2 heterocycles. The van der Waals surface area contributed by atoms with Crippen molar-refractivity contribution in [3.63, 3.8) is 0 Å². The SMILES string of the molecule is CCOc1ccc2ccccc2c1C(=O)N1CCC(Oc2cnc3ccccc3n2)CC1. The number of amides is 1. The summed E-state index contributed by atoms with van der Waals surface area (Å²) < 4.78 is 11.9. The molecule has 0 bridgehead atoms. The Morgan fingerprint density at radius 2 is 1.75 bits per heavy atom. The molecule has 4 aromatic rings. The topological polar surface area (TPSA) is 64.5 Å². The number of para-hydroxylation sites is 2. The lowest BCUT2D eigenvalue weighted by atomic mass is 10.0. The van der Waals surface area contributed by atoms with E-state index in [1.54, 1.807) is 6.20 Å². The Bertz CT molecular complexity index is 1270. The van der Waals surface area contributed by atoms with Gasteiger partial charge in [-0.05, 0) is 35.9 Å². The highest BCUT2D eigenvalue weighted by Crippen LogP contribution is 2.30. The molecule has 1 aliphatic rings. The second-order valence-electron chi connectivity index (χ2n) is 7.90. The number of carbonyl (C=O) groups is 1. The Balaban J connectivity index is 1.31. The van der Waals surface area contributed by atoms with E-state index >= 15 is 0 Å². The normalized spacial score (nSPS) is 14.6. The largest absolute Gasteiger partial charge is 0.493 e. The van der Waals surface area contributed by atoms with E-state index in [1.807, 2.05) is 72.5 Å². The number of nitrogens with zero attached hydrogens (tertiary/aromatic N) is 3. The first-order chi connectivity index (χ1) is 15.7. The molecule has 0 radical (unpaired) electrons. The molecule has 0 atom stereocenters. The van der Waals surface area contributed by atoms with Crippen LogP contribution in [0.5, 0.6) is 11.6 Å². The molecule has 1 aliphatic heterocycles. The molecule has 6 nitrogen and oxygen atoms in total. The minimum absolute atomic E-state index is 0.00777. The molecule has 1 saturated heterocycles. The predicted octanol–water partition coefficient (Wildman–Crippen LogP) is 4.87. The third-order valence-corrected chi connectivity index (χ3v) is 5.85. The van der Waals surface area contributed by atoms with Crippen LogP contribution in [0, 0.1) is 0 Å². The fraction of sp³-hybridized carbons (Fsp3) is 0.269. The smallest absolute Gasteiger partial charge is 0.258 e. The van der Waals surface area contributed by atoms with Gasteiger partial charge in [0.2, 0.25) is 5.88 Å². The second-order valence-corrected chi connectivity index (χ2v) is 7.90. The molecule has 5 rings (SSSR count). The standard InChI is InChI=1S/C26H25N3O3/c1-2-31-23-12-11-18-7-3-4-8-20(18)25(23)26(30)29-15-13-19(14-16-29)32-24-17-27-21-9-5-6-10-22(21)28-24/h3-12,17,19H,2,13-16H2,1H3. The summed E-state index contributed by atoms with van der Waals surface area (Å²) in [4.78, 5) is 24.4. The number of piperidine rings is 1. The molecule has 0 unspecified atom stereocenters. The van der Waals surface area contributed by atoms with E-state index in [4.69, 9.17) is 9.47 Å². The number of rotatable bonds is 5. The highest BCUT2D eigenvalue weighted by atomic mass is 16.5. The minimum Gasteiger partial charge on any atom is -0.493 e. The van der Waals surface area contributed by atoms with E-state index in [0.717, 1.165) is 34.6 Å². The number of ether oxygens (including phenoxy) is 2. The third-order valence-electron chi connectivity index (χ3n) is 5.85. The summed E-state index contributed by atoms with van der Waals surface area (Å²) in [5.41, 5.74) is 2.31. The van der Waals surface area contributed by atoms with Crippen LogP contribution in [0.1, 0.15) is 30.1 Å². The van der Waals surface area contributed by atoms with Crippen LogP contribution >= 0.6 is 0 Å². The molecule has 6 heteroatoms. The number of fused-ring (bicyclic) bond motifs is 2. The van der Waals surface area contributed by atoms with Gasteiger partial charge in [0.15, 0.2) is 0 Å². The zero-order valence-corrected chi connectivity index (χ0v) is 18.0. The van der Waals surface area contributed by atoms with E-state index in [0.29, 0.717) is 36.9 Å². The molecular weight excluding hydrogens is 402 g/mol. The lowest BCUT2D eigenvalue weighted by Crippen LogP contribution is -2.42. The molecular formula is C26H25N3O3. The van der Waals surface area contributed by atoms with Crippen LogP contribution in [-0.2, 0) is 0 Å². The average molecular weight is 428 g/mol. The fourth-order valence-electron chi connectivity index (χ4n) is 4.25. The first kappa shape index (κ1) is 20.2. The highest BCUT2D eigenvalue weighted by Gasteiger charge is 2.28. The molecule has 3 aromatic carbocycles. The molecule has 1 aromatic heterocycles. The summed E-state index contributed by atoms with van der Waals surface area (Å²) in [6.45, 7) is 3.70. The van der Waals surface area contributed by atoms with Gasteiger partial charge in [0.05, 0.1) is 29.4 Å². The van der Waals surface area contributed by atoms with Crippen molar-refractivity contribution in [2.75, 3.05) is 19.7 Å². The lowest BCUT2D eigenvalue weighted by molar-refractivity contribution is 0.0586. The molecule has 0 saturated carbocycles. The zero-order valence-electron chi connectivity index (χ0n) is 18.0. The molecule has 1 amide bonds. The lowest BCUT2D eigenvalue weighted by Gasteiger charge is -2.32. The van der Waals surface area contributed by atoms with Crippen molar-refractivity contribution < 1.29 is 14.3 Å². The van der Waals surface area contributed by atoms with Gasteiger partial charge in [-0.1, -0.05) is 42.5 Å². The molecule has 0 aliphatic carbocycles. The van der Waals surface area contributed by atoms with Crippen LogP contribution in [0.15, 0.2) is 66.9 Å². The maximum atomic E-state index is 13.5.